The lowest BCUT2D eigenvalue weighted by Crippen LogP contribution is -2.31. The SMILES string of the molecule is CCCOc1ccc(CNC(=S)N/N=C/c2ccccc2O)cc1[N+](=O)[O-]. The highest BCUT2D eigenvalue weighted by Crippen LogP contribution is 2.28. The lowest BCUT2D eigenvalue weighted by molar-refractivity contribution is -0.385. The second kappa shape index (κ2) is 10.1. The molecule has 0 radical (unpaired) electrons. The Bertz CT molecular complexity index is 842. The van der Waals surface area contributed by atoms with Crippen molar-refractivity contribution in [3.8, 4) is 11.5 Å². The van der Waals surface area contributed by atoms with Gasteiger partial charge in [-0.25, -0.2) is 0 Å². The lowest BCUT2D eigenvalue weighted by Gasteiger charge is -2.09. The molecule has 0 spiro atoms. The molecule has 0 aromatic heterocycles. The summed E-state index contributed by atoms with van der Waals surface area (Å²) in [5.41, 5.74) is 3.77. The molecule has 0 saturated carbocycles. The number of nitrogens with zero attached hydrogens (tertiary/aromatic N) is 2. The Morgan fingerprint density at radius 1 is 1.37 bits per heavy atom. The van der Waals surface area contributed by atoms with Gasteiger partial charge in [0, 0.05) is 18.2 Å². The number of hydrogen-bond acceptors (Lipinski definition) is 6. The highest BCUT2D eigenvalue weighted by Gasteiger charge is 2.15. The smallest absolute Gasteiger partial charge is 0.311 e. The number of nitro benzene ring substituents is 1. The third-order valence-corrected chi connectivity index (χ3v) is 3.68. The number of hydrogen-bond donors (Lipinski definition) is 3. The van der Waals surface area contributed by atoms with Crippen molar-refractivity contribution >= 4 is 29.2 Å². The largest absolute Gasteiger partial charge is 0.507 e. The number of rotatable bonds is 8. The molecule has 0 fully saturated rings. The van der Waals surface area contributed by atoms with Gasteiger partial charge in [0.2, 0.25) is 0 Å². The average Bonchev–Trinajstić information content (AvgIpc) is 2.66. The van der Waals surface area contributed by atoms with Gasteiger partial charge in [0.15, 0.2) is 10.9 Å². The van der Waals surface area contributed by atoms with E-state index in [0.29, 0.717) is 17.7 Å². The monoisotopic (exact) mass is 388 g/mol. The second-order valence-corrected chi connectivity index (χ2v) is 5.93. The Hall–Kier alpha value is -3.20. The van der Waals surface area contributed by atoms with Gasteiger partial charge in [-0.3, -0.25) is 15.5 Å². The Morgan fingerprint density at radius 3 is 2.85 bits per heavy atom. The molecule has 2 aromatic rings. The number of nitrogens with one attached hydrogen (secondary N) is 2. The summed E-state index contributed by atoms with van der Waals surface area (Å²) in [6, 6.07) is 11.5. The molecule has 3 N–H and O–H groups in total. The molecule has 0 aliphatic heterocycles. The zero-order valence-corrected chi connectivity index (χ0v) is 15.5. The van der Waals surface area contributed by atoms with E-state index in [9.17, 15) is 15.2 Å². The van der Waals surface area contributed by atoms with Gasteiger partial charge in [-0.2, -0.15) is 5.10 Å². The minimum Gasteiger partial charge on any atom is -0.507 e. The van der Waals surface area contributed by atoms with Crippen LogP contribution >= 0.6 is 12.2 Å². The van der Waals surface area contributed by atoms with Gasteiger partial charge in [0.1, 0.15) is 5.75 Å². The van der Waals surface area contributed by atoms with E-state index in [2.05, 4.69) is 15.8 Å². The second-order valence-electron chi connectivity index (χ2n) is 5.52. The Labute approximate surface area is 162 Å². The van der Waals surface area contributed by atoms with Crippen LogP contribution in [0.1, 0.15) is 24.5 Å². The van der Waals surface area contributed by atoms with E-state index in [1.807, 2.05) is 6.92 Å². The van der Waals surface area contributed by atoms with Crippen molar-refractivity contribution in [1.82, 2.24) is 10.7 Å². The molecular formula is C18H20N4O4S. The van der Waals surface area contributed by atoms with E-state index in [1.54, 1.807) is 36.4 Å². The van der Waals surface area contributed by atoms with Gasteiger partial charge < -0.3 is 15.2 Å². The summed E-state index contributed by atoms with van der Waals surface area (Å²) in [6.45, 7) is 2.63. The summed E-state index contributed by atoms with van der Waals surface area (Å²) in [5.74, 6) is 0.359. The maximum absolute atomic E-state index is 11.2. The molecule has 0 amide bonds. The maximum Gasteiger partial charge on any atom is 0.311 e. The summed E-state index contributed by atoms with van der Waals surface area (Å²) >= 11 is 5.11. The van der Waals surface area contributed by atoms with Gasteiger partial charge >= 0.3 is 5.69 Å². The number of aromatic hydroxyl groups is 1. The molecule has 0 atom stereocenters. The van der Waals surface area contributed by atoms with Crippen LogP contribution in [0.3, 0.4) is 0 Å². The molecule has 0 unspecified atom stereocenters. The zero-order chi connectivity index (χ0) is 19.6. The fraction of sp³-hybridized carbons (Fsp3) is 0.222. The predicted molar refractivity (Wildman–Crippen MR) is 107 cm³/mol. The first kappa shape index (κ1) is 20.1. The third kappa shape index (κ3) is 6.23. The Morgan fingerprint density at radius 2 is 2.15 bits per heavy atom. The fourth-order valence-corrected chi connectivity index (χ4v) is 2.25. The molecule has 0 heterocycles. The number of thiocarbonyl (C=S) groups is 1. The van der Waals surface area contributed by atoms with Crippen LogP contribution in [-0.2, 0) is 6.54 Å². The van der Waals surface area contributed by atoms with Crippen LogP contribution in [0, 0.1) is 10.1 Å². The molecule has 2 aromatic carbocycles. The van der Waals surface area contributed by atoms with Crippen LogP contribution in [0.15, 0.2) is 47.6 Å². The van der Waals surface area contributed by atoms with Crippen molar-refractivity contribution in [3.05, 3.63) is 63.7 Å². The zero-order valence-electron chi connectivity index (χ0n) is 14.7. The molecule has 0 bridgehead atoms. The van der Waals surface area contributed by atoms with Crippen LogP contribution < -0.4 is 15.5 Å². The number of nitro groups is 1. The van der Waals surface area contributed by atoms with E-state index in [4.69, 9.17) is 17.0 Å². The van der Waals surface area contributed by atoms with E-state index in [-0.39, 0.29) is 28.8 Å². The van der Waals surface area contributed by atoms with Crippen LogP contribution in [0.25, 0.3) is 0 Å². The minimum absolute atomic E-state index is 0.0841. The predicted octanol–water partition coefficient (Wildman–Crippen LogP) is 3.09. The van der Waals surface area contributed by atoms with Crippen molar-refractivity contribution < 1.29 is 14.8 Å². The molecule has 0 aliphatic carbocycles. The van der Waals surface area contributed by atoms with Crippen molar-refractivity contribution in [2.75, 3.05) is 6.61 Å². The number of para-hydroxylation sites is 1. The highest BCUT2D eigenvalue weighted by atomic mass is 32.1. The highest BCUT2D eigenvalue weighted by molar-refractivity contribution is 7.80. The molecular weight excluding hydrogens is 368 g/mol. The van der Waals surface area contributed by atoms with Crippen LogP contribution in [0.2, 0.25) is 0 Å². The molecule has 0 aliphatic rings. The van der Waals surface area contributed by atoms with E-state index in [0.717, 1.165) is 6.42 Å². The van der Waals surface area contributed by atoms with Gasteiger partial charge in [-0.1, -0.05) is 25.1 Å². The minimum atomic E-state index is -0.471. The third-order valence-electron chi connectivity index (χ3n) is 3.44. The van der Waals surface area contributed by atoms with E-state index < -0.39 is 4.92 Å². The van der Waals surface area contributed by atoms with Crippen molar-refractivity contribution in [2.45, 2.75) is 19.9 Å². The number of phenolic OH excluding ortho intramolecular Hbond substituents is 1. The maximum atomic E-state index is 11.2. The fourth-order valence-electron chi connectivity index (χ4n) is 2.13. The standard InChI is InChI=1S/C18H20N4O4S/c1-2-9-26-17-8-7-13(10-15(17)22(24)25)11-19-18(27)21-20-12-14-5-3-4-6-16(14)23/h3-8,10,12,23H,2,9,11H2,1H3,(H2,19,21,27)/b20-12+. The summed E-state index contributed by atoms with van der Waals surface area (Å²) in [5, 5.41) is 27.9. The first-order valence-corrected chi connectivity index (χ1v) is 8.67. The summed E-state index contributed by atoms with van der Waals surface area (Å²) in [4.78, 5) is 10.7. The molecule has 9 heteroatoms. The molecule has 2 rings (SSSR count). The van der Waals surface area contributed by atoms with Crippen LogP contribution in [-0.4, -0.2) is 28.0 Å². The first-order chi connectivity index (χ1) is 13.0. The van der Waals surface area contributed by atoms with Gasteiger partial charge in [0.25, 0.3) is 0 Å². The van der Waals surface area contributed by atoms with E-state index >= 15 is 0 Å². The number of ether oxygens (including phenoxy) is 1. The van der Waals surface area contributed by atoms with Gasteiger partial charge in [0.05, 0.1) is 17.7 Å². The van der Waals surface area contributed by atoms with Crippen LogP contribution in [0.5, 0.6) is 11.5 Å². The lowest BCUT2D eigenvalue weighted by atomic mass is 10.2. The normalized spacial score (nSPS) is 10.6. The molecule has 142 valence electrons. The van der Waals surface area contributed by atoms with Crippen molar-refractivity contribution in [2.24, 2.45) is 5.10 Å². The molecule has 27 heavy (non-hydrogen) atoms. The summed E-state index contributed by atoms with van der Waals surface area (Å²) < 4.78 is 5.39. The summed E-state index contributed by atoms with van der Waals surface area (Å²) in [6.07, 6.45) is 2.20. The molecule has 8 nitrogen and oxygen atoms in total. The first-order valence-electron chi connectivity index (χ1n) is 8.26. The van der Waals surface area contributed by atoms with E-state index in [1.165, 1.54) is 12.3 Å². The number of phenols is 1. The molecule has 0 saturated heterocycles. The average molecular weight is 388 g/mol. The van der Waals surface area contributed by atoms with Gasteiger partial charge in [-0.15, -0.1) is 0 Å². The topological polar surface area (TPSA) is 109 Å². The quantitative estimate of drug-likeness (QED) is 0.276. The Kier molecular flexibility index (Phi) is 7.50. The number of benzene rings is 2. The van der Waals surface area contributed by atoms with Crippen molar-refractivity contribution in [1.29, 1.82) is 0 Å². The van der Waals surface area contributed by atoms with Crippen molar-refractivity contribution in [3.63, 3.8) is 0 Å². The van der Waals surface area contributed by atoms with Crippen LogP contribution in [0.4, 0.5) is 5.69 Å². The number of hydrazone groups is 1. The summed E-state index contributed by atoms with van der Waals surface area (Å²) in [7, 11) is 0. The Balaban J connectivity index is 1.91. The van der Waals surface area contributed by atoms with Gasteiger partial charge in [-0.05, 0) is 42.4 Å².